The van der Waals surface area contributed by atoms with Gasteiger partial charge in [-0.05, 0) is 12.1 Å². The summed E-state index contributed by atoms with van der Waals surface area (Å²) in [7, 11) is -3.39. The van der Waals surface area contributed by atoms with Gasteiger partial charge in [0.1, 0.15) is 0 Å². The molecule has 2 aromatic rings. The van der Waals surface area contributed by atoms with Gasteiger partial charge in [-0.2, -0.15) is 0 Å². The Morgan fingerprint density at radius 3 is 2.65 bits per heavy atom. The van der Waals surface area contributed by atoms with Crippen LogP contribution in [0.5, 0.6) is 0 Å². The molecule has 0 aliphatic heterocycles. The van der Waals surface area contributed by atoms with Gasteiger partial charge >= 0.3 is 0 Å². The summed E-state index contributed by atoms with van der Waals surface area (Å²) >= 11 is 1.52. The topological polar surface area (TPSA) is 59.1 Å². The van der Waals surface area contributed by atoms with Gasteiger partial charge in [-0.3, -0.25) is 0 Å². The molecule has 0 saturated carbocycles. The molecule has 0 aliphatic rings. The van der Waals surface area contributed by atoms with Crippen LogP contribution < -0.4 is 4.72 Å². The van der Waals surface area contributed by atoms with Crippen LogP contribution in [0.3, 0.4) is 0 Å². The molecule has 0 fully saturated rings. The molecule has 1 N–H and O–H groups in total. The Kier molecular flexibility index (Phi) is 3.88. The van der Waals surface area contributed by atoms with Crippen molar-refractivity contribution >= 4 is 21.4 Å². The van der Waals surface area contributed by atoms with E-state index in [-0.39, 0.29) is 0 Å². The SMILES string of the molecule is O=S(=O)(NCCc1nccs1)c1ccccc1. The van der Waals surface area contributed by atoms with Crippen molar-refractivity contribution in [2.45, 2.75) is 11.3 Å². The Hall–Kier alpha value is -1.24. The average Bonchev–Trinajstić information content (AvgIpc) is 2.83. The van der Waals surface area contributed by atoms with Gasteiger partial charge in [0.15, 0.2) is 0 Å². The zero-order valence-corrected chi connectivity index (χ0v) is 10.7. The van der Waals surface area contributed by atoms with Gasteiger partial charge in [0, 0.05) is 24.5 Å². The first-order chi connectivity index (χ1) is 8.18. The highest BCUT2D eigenvalue weighted by atomic mass is 32.2. The van der Waals surface area contributed by atoms with E-state index in [0.29, 0.717) is 17.9 Å². The lowest BCUT2D eigenvalue weighted by atomic mass is 10.4. The third-order valence-electron chi connectivity index (χ3n) is 2.17. The summed E-state index contributed by atoms with van der Waals surface area (Å²) in [5.74, 6) is 0. The molecule has 0 spiro atoms. The summed E-state index contributed by atoms with van der Waals surface area (Å²) in [6.07, 6.45) is 2.33. The van der Waals surface area contributed by atoms with E-state index < -0.39 is 10.0 Å². The molecular formula is C11H12N2O2S2. The van der Waals surface area contributed by atoms with E-state index in [1.165, 1.54) is 11.3 Å². The summed E-state index contributed by atoms with van der Waals surface area (Å²) in [6.45, 7) is 0.366. The van der Waals surface area contributed by atoms with Crippen LogP contribution >= 0.6 is 11.3 Å². The van der Waals surface area contributed by atoms with Crippen LogP contribution in [0, 0.1) is 0 Å². The molecule has 1 heterocycles. The largest absolute Gasteiger partial charge is 0.250 e. The van der Waals surface area contributed by atoms with Crippen molar-refractivity contribution in [2.75, 3.05) is 6.54 Å². The van der Waals surface area contributed by atoms with Crippen LogP contribution in [0.15, 0.2) is 46.8 Å². The second-order valence-electron chi connectivity index (χ2n) is 3.39. The van der Waals surface area contributed by atoms with Gasteiger partial charge < -0.3 is 0 Å². The zero-order valence-electron chi connectivity index (χ0n) is 9.04. The van der Waals surface area contributed by atoms with E-state index in [0.717, 1.165) is 5.01 Å². The van der Waals surface area contributed by atoms with Crippen molar-refractivity contribution in [1.29, 1.82) is 0 Å². The molecule has 0 saturated heterocycles. The van der Waals surface area contributed by atoms with Gasteiger partial charge in [0.25, 0.3) is 0 Å². The first-order valence-corrected chi connectivity index (χ1v) is 7.48. The Labute approximate surface area is 104 Å². The van der Waals surface area contributed by atoms with Gasteiger partial charge in [0.05, 0.1) is 9.90 Å². The van der Waals surface area contributed by atoms with E-state index in [1.807, 2.05) is 5.38 Å². The number of nitrogens with one attached hydrogen (secondary N) is 1. The third-order valence-corrected chi connectivity index (χ3v) is 4.48. The molecule has 0 aliphatic carbocycles. The highest BCUT2D eigenvalue weighted by Gasteiger charge is 2.12. The summed E-state index contributed by atoms with van der Waals surface area (Å²) in [5, 5.41) is 2.81. The summed E-state index contributed by atoms with van der Waals surface area (Å²) < 4.78 is 26.2. The summed E-state index contributed by atoms with van der Waals surface area (Å²) in [5.41, 5.74) is 0. The lowest BCUT2D eigenvalue weighted by Crippen LogP contribution is -2.25. The maximum Gasteiger partial charge on any atom is 0.240 e. The van der Waals surface area contributed by atoms with Crippen LogP contribution in [0.4, 0.5) is 0 Å². The molecule has 6 heteroatoms. The summed E-state index contributed by atoms with van der Waals surface area (Å²) in [6, 6.07) is 8.34. The first kappa shape index (κ1) is 12.2. The van der Waals surface area contributed by atoms with Gasteiger partial charge in [-0.25, -0.2) is 18.1 Å². The lowest BCUT2D eigenvalue weighted by molar-refractivity contribution is 0.581. The number of thiazole rings is 1. The zero-order chi connectivity index (χ0) is 12.1. The summed E-state index contributed by atoms with van der Waals surface area (Å²) in [4.78, 5) is 4.38. The maximum absolute atomic E-state index is 11.8. The molecule has 4 nitrogen and oxygen atoms in total. The second-order valence-corrected chi connectivity index (χ2v) is 6.13. The van der Waals surface area contributed by atoms with Crippen molar-refractivity contribution in [3.63, 3.8) is 0 Å². The van der Waals surface area contributed by atoms with E-state index >= 15 is 0 Å². The van der Waals surface area contributed by atoms with Crippen molar-refractivity contribution in [3.05, 3.63) is 46.9 Å². The number of rotatable bonds is 5. The van der Waals surface area contributed by atoms with E-state index in [9.17, 15) is 8.42 Å². The Bertz CT molecular complexity index is 550. The van der Waals surface area contributed by atoms with Crippen molar-refractivity contribution < 1.29 is 8.42 Å². The van der Waals surface area contributed by atoms with Crippen LogP contribution in [0.1, 0.15) is 5.01 Å². The van der Waals surface area contributed by atoms with Gasteiger partial charge in [0.2, 0.25) is 10.0 Å². The molecule has 0 radical (unpaired) electrons. The standard InChI is InChI=1S/C11H12N2O2S2/c14-17(15,10-4-2-1-3-5-10)13-7-6-11-12-8-9-16-11/h1-5,8-9,13H,6-7H2. The molecule has 1 aromatic carbocycles. The molecule has 1 aromatic heterocycles. The van der Waals surface area contributed by atoms with Crippen LogP contribution in [-0.4, -0.2) is 19.9 Å². The average molecular weight is 268 g/mol. The lowest BCUT2D eigenvalue weighted by Gasteiger charge is -2.05. The smallest absolute Gasteiger partial charge is 0.240 e. The number of sulfonamides is 1. The highest BCUT2D eigenvalue weighted by Crippen LogP contribution is 2.08. The fraction of sp³-hybridized carbons (Fsp3) is 0.182. The van der Waals surface area contributed by atoms with Crippen molar-refractivity contribution in [2.24, 2.45) is 0 Å². The number of benzene rings is 1. The Balaban J connectivity index is 1.95. The van der Waals surface area contributed by atoms with Gasteiger partial charge in [-0.1, -0.05) is 18.2 Å². The minimum atomic E-state index is -3.39. The number of nitrogens with zero attached hydrogens (tertiary/aromatic N) is 1. The maximum atomic E-state index is 11.8. The Morgan fingerprint density at radius 1 is 1.24 bits per heavy atom. The van der Waals surface area contributed by atoms with Gasteiger partial charge in [-0.15, -0.1) is 11.3 Å². The predicted molar refractivity (Wildman–Crippen MR) is 67.4 cm³/mol. The van der Waals surface area contributed by atoms with Crippen molar-refractivity contribution in [1.82, 2.24) is 9.71 Å². The number of hydrogen-bond donors (Lipinski definition) is 1. The van der Waals surface area contributed by atoms with Crippen LogP contribution in [0.2, 0.25) is 0 Å². The number of aromatic nitrogens is 1. The molecule has 0 bridgehead atoms. The minimum Gasteiger partial charge on any atom is -0.250 e. The van der Waals surface area contributed by atoms with E-state index in [1.54, 1.807) is 36.5 Å². The molecule has 17 heavy (non-hydrogen) atoms. The molecular weight excluding hydrogens is 256 g/mol. The monoisotopic (exact) mass is 268 g/mol. The van der Waals surface area contributed by atoms with Crippen LogP contribution in [-0.2, 0) is 16.4 Å². The van der Waals surface area contributed by atoms with E-state index in [4.69, 9.17) is 0 Å². The normalized spacial score (nSPS) is 11.5. The highest BCUT2D eigenvalue weighted by molar-refractivity contribution is 7.89. The van der Waals surface area contributed by atoms with Crippen molar-refractivity contribution in [3.8, 4) is 0 Å². The fourth-order valence-corrected chi connectivity index (χ4v) is 3.03. The molecule has 90 valence electrons. The molecule has 0 amide bonds. The predicted octanol–water partition coefficient (Wildman–Crippen LogP) is 1.66. The van der Waals surface area contributed by atoms with E-state index in [2.05, 4.69) is 9.71 Å². The fourth-order valence-electron chi connectivity index (χ4n) is 1.35. The Morgan fingerprint density at radius 2 is 2.00 bits per heavy atom. The molecule has 0 unspecified atom stereocenters. The molecule has 2 rings (SSSR count). The van der Waals surface area contributed by atoms with Crippen LogP contribution in [0.25, 0.3) is 0 Å². The quantitative estimate of drug-likeness (QED) is 0.897. The first-order valence-electron chi connectivity index (χ1n) is 5.11. The number of hydrogen-bond acceptors (Lipinski definition) is 4. The minimum absolute atomic E-state index is 0.291. The second kappa shape index (κ2) is 5.39. The molecule has 0 atom stereocenters. The third kappa shape index (κ3) is 3.36.